The van der Waals surface area contributed by atoms with Crippen molar-refractivity contribution in [3.05, 3.63) is 0 Å². The Balaban J connectivity index is 1.83. The number of primary amides is 1. The van der Waals surface area contributed by atoms with E-state index in [0.717, 1.165) is 25.4 Å². The third kappa shape index (κ3) is 3.23. The second-order valence-corrected chi connectivity index (χ2v) is 2.96. The van der Waals surface area contributed by atoms with Crippen LogP contribution >= 0.6 is 0 Å². The van der Waals surface area contributed by atoms with Crippen LogP contribution < -0.4 is 16.4 Å². The van der Waals surface area contributed by atoms with Gasteiger partial charge in [0, 0.05) is 6.54 Å². The van der Waals surface area contributed by atoms with Crippen molar-refractivity contribution in [2.24, 2.45) is 11.7 Å². The monoisotopic (exact) mass is 157 g/mol. The first-order valence-corrected chi connectivity index (χ1v) is 4.03. The van der Waals surface area contributed by atoms with Crippen LogP contribution in [0.3, 0.4) is 0 Å². The highest BCUT2D eigenvalue weighted by atomic mass is 16.2. The average Bonchev–Trinajstić information content (AvgIpc) is 1.82. The van der Waals surface area contributed by atoms with Gasteiger partial charge in [-0.2, -0.15) is 0 Å². The summed E-state index contributed by atoms with van der Waals surface area (Å²) in [4.78, 5) is 10.2. The van der Waals surface area contributed by atoms with Gasteiger partial charge in [0.25, 0.3) is 0 Å². The number of carbonyl (C=O) groups is 1. The molecule has 0 atom stereocenters. The zero-order chi connectivity index (χ0) is 8.10. The molecule has 1 fully saturated rings. The maximum Gasteiger partial charge on any atom is 0.312 e. The number of rotatable bonds is 4. The number of amides is 2. The molecule has 2 amide bonds. The first-order chi connectivity index (χ1) is 5.29. The van der Waals surface area contributed by atoms with E-state index in [1.165, 1.54) is 6.42 Å². The van der Waals surface area contributed by atoms with Gasteiger partial charge in [0.1, 0.15) is 0 Å². The summed E-state index contributed by atoms with van der Waals surface area (Å²) >= 11 is 0. The molecule has 0 spiro atoms. The highest BCUT2D eigenvalue weighted by Crippen LogP contribution is 2.09. The molecule has 4 N–H and O–H groups in total. The van der Waals surface area contributed by atoms with Crippen LogP contribution in [0.1, 0.15) is 12.8 Å². The minimum Gasteiger partial charge on any atom is -0.352 e. The molecule has 4 nitrogen and oxygen atoms in total. The highest BCUT2D eigenvalue weighted by Gasteiger charge is 2.15. The van der Waals surface area contributed by atoms with Gasteiger partial charge >= 0.3 is 6.03 Å². The van der Waals surface area contributed by atoms with Crippen molar-refractivity contribution < 1.29 is 4.79 Å². The Morgan fingerprint density at radius 1 is 1.64 bits per heavy atom. The lowest BCUT2D eigenvalue weighted by Gasteiger charge is -2.26. The molecule has 11 heavy (non-hydrogen) atoms. The van der Waals surface area contributed by atoms with Crippen LogP contribution in [0.2, 0.25) is 0 Å². The van der Waals surface area contributed by atoms with Gasteiger partial charge in [-0.25, -0.2) is 4.79 Å². The Bertz CT molecular complexity index is 134. The van der Waals surface area contributed by atoms with Crippen molar-refractivity contribution >= 4 is 6.03 Å². The molecular weight excluding hydrogens is 142 g/mol. The summed E-state index contributed by atoms with van der Waals surface area (Å²) in [7, 11) is 0. The molecule has 1 heterocycles. The second kappa shape index (κ2) is 4.18. The lowest BCUT2D eigenvalue weighted by molar-refractivity contribution is 0.247. The summed E-state index contributed by atoms with van der Waals surface area (Å²) < 4.78 is 0. The predicted octanol–water partition coefficient (Wildman–Crippen LogP) is -0.346. The molecule has 0 aromatic carbocycles. The largest absolute Gasteiger partial charge is 0.352 e. The Hall–Kier alpha value is -0.770. The molecule has 0 saturated carbocycles. The van der Waals surface area contributed by atoms with Gasteiger partial charge in [-0.1, -0.05) is 0 Å². The summed E-state index contributed by atoms with van der Waals surface area (Å²) in [6, 6.07) is -0.420. The normalized spacial score (nSPS) is 17.5. The van der Waals surface area contributed by atoms with Gasteiger partial charge in [0.2, 0.25) is 0 Å². The number of urea groups is 1. The fourth-order valence-electron chi connectivity index (χ4n) is 1.15. The van der Waals surface area contributed by atoms with Crippen LogP contribution in [0.4, 0.5) is 4.79 Å². The minimum atomic E-state index is -0.420. The molecule has 1 rings (SSSR count). The van der Waals surface area contributed by atoms with E-state index >= 15 is 0 Å². The molecule has 64 valence electrons. The number of hydrogen-bond acceptors (Lipinski definition) is 2. The van der Waals surface area contributed by atoms with Gasteiger partial charge in [-0.05, 0) is 31.8 Å². The number of nitrogens with two attached hydrogens (primary N) is 1. The lowest BCUT2D eigenvalue weighted by Crippen LogP contribution is -2.42. The Kier molecular flexibility index (Phi) is 3.16. The van der Waals surface area contributed by atoms with Gasteiger partial charge < -0.3 is 16.4 Å². The molecule has 1 aliphatic rings. The zero-order valence-electron chi connectivity index (χ0n) is 6.60. The molecule has 0 aliphatic carbocycles. The van der Waals surface area contributed by atoms with Crippen molar-refractivity contribution in [3.63, 3.8) is 0 Å². The van der Waals surface area contributed by atoms with Crippen molar-refractivity contribution in [3.8, 4) is 0 Å². The first kappa shape index (κ1) is 8.33. The van der Waals surface area contributed by atoms with E-state index in [4.69, 9.17) is 5.73 Å². The smallest absolute Gasteiger partial charge is 0.312 e. The fourth-order valence-corrected chi connectivity index (χ4v) is 1.15. The topological polar surface area (TPSA) is 67.2 Å². The van der Waals surface area contributed by atoms with E-state index < -0.39 is 6.03 Å². The molecule has 0 unspecified atom stereocenters. The van der Waals surface area contributed by atoms with Crippen molar-refractivity contribution in [2.45, 2.75) is 12.8 Å². The van der Waals surface area contributed by atoms with Gasteiger partial charge in [-0.15, -0.1) is 0 Å². The summed E-state index contributed by atoms with van der Waals surface area (Å²) in [6.45, 7) is 2.99. The van der Waals surface area contributed by atoms with Crippen molar-refractivity contribution in [2.75, 3.05) is 19.6 Å². The Morgan fingerprint density at radius 2 is 2.36 bits per heavy atom. The third-order valence-electron chi connectivity index (χ3n) is 1.95. The summed E-state index contributed by atoms with van der Waals surface area (Å²) in [5.74, 6) is 0.824. The van der Waals surface area contributed by atoms with Crippen molar-refractivity contribution in [1.29, 1.82) is 0 Å². The SMILES string of the molecule is NC(=O)NCCCC1CNC1. The maximum atomic E-state index is 10.2. The Labute approximate surface area is 66.5 Å². The van der Waals surface area contributed by atoms with E-state index in [9.17, 15) is 4.79 Å². The highest BCUT2D eigenvalue weighted by molar-refractivity contribution is 5.71. The minimum absolute atomic E-state index is 0.420. The number of nitrogens with one attached hydrogen (secondary N) is 2. The van der Waals surface area contributed by atoms with Crippen LogP contribution in [0, 0.1) is 5.92 Å². The molecule has 4 heteroatoms. The molecule has 0 aromatic heterocycles. The van der Waals surface area contributed by atoms with Crippen LogP contribution in [0.15, 0.2) is 0 Å². The van der Waals surface area contributed by atoms with Gasteiger partial charge in [0.05, 0.1) is 0 Å². The summed E-state index contributed by atoms with van der Waals surface area (Å²) in [5, 5.41) is 5.77. The molecule has 1 aliphatic heterocycles. The quantitative estimate of drug-likeness (QED) is 0.488. The average molecular weight is 157 g/mol. The predicted molar refractivity (Wildman–Crippen MR) is 43.2 cm³/mol. The third-order valence-corrected chi connectivity index (χ3v) is 1.95. The standard InChI is InChI=1S/C7H15N3O/c8-7(11)10-3-1-2-6-4-9-5-6/h6,9H,1-5H2,(H3,8,10,11). The summed E-state index contributed by atoms with van der Waals surface area (Å²) in [5.41, 5.74) is 4.89. The molecule has 1 saturated heterocycles. The fraction of sp³-hybridized carbons (Fsp3) is 0.857. The van der Waals surface area contributed by atoms with E-state index in [0.29, 0.717) is 6.54 Å². The lowest BCUT2D eigenvalue weighted by atomic mass is 9.98. The Morgan fingerprint density at radius 3 is 2.82 bits per heavy atom. The van der Waals surface area contributed by atoms with Crippen LogP contribution in [-0.4, -0.2) is 25.7 Å². The first-order valence-electron chi connectivity index (χ1n) is 4.03. The van der Waals surface area contributed by atoms with Crippen molar-refractivity contribution in [1.82, 2.24) is 10.6 Å². The molecular formula is C7H15N3O. The van der Waals surface area contributed by atoms with E-state index in [2.05, 4.69) is 10.6 Å². The molecule has 0 bridgehead atoms. The maximum absolute atomic E-state index is 10.2. The van der Waals surface area contributed by atoms with E-state index in [1.54, 1.807) is 0 Å². The molecule has 0 radical (unpaired) electrons. The zero-order valence-corrected chi connectivity index (χ0v) is 6.60. The van der Waals surface area contributed by atoms with E-state index in [-0.39, 0.29) is 0 Å². The van der Waals surface area contributed by atoms with Crippen LogP contribution in [-0.2, 0) is 0 Å². The second-order valence-electron chi connectivity index (χ2n) is 2.96. The number of carbonyl (C=O) groups excluding carboxylic acids is 1. The number of hydrogen-bond donors (Lipinski definition) is 3. The molecule has 0 aromatic rings. The van der Waals surface area contributed by atoms with Gasteiger partial charge in [0.15, 0.2) is 0 Å². The van der Waals surface area contributed by atoms with E-state index in [1.807, 2.05) is 0 Å². The summed E-state index contributed by atoms with van der Waals surface area (Å²) in [6.07, 6.45) is 2.22. The van der Waals surface area contributed by atoms with Gasteiger partial charge in [-0.3, -0.25) is 0 Å². The van der Waals surface area contributed by atoms with Crippen LogP contribution in [0.25, 0.3) is 0 Å². The van der Waals surface area contributed by atoms with Crippen LogP contribution in [0.5, 0.6) is 0 Å².